The number of carboxylic acid groups (broad SMARTS) is 1. The smallest absolute Gasteiger partial charge is 0.317 e. The van der Waals surface area contributed by atoms with Crippen LogP contribution in [0.4, 0.5) is 4.39 Å². The van der Waals surface area contributed by atoms with Crippen molar-refractivity contribution in [1.82, 2.24) is 5.32 Å². The largest absolute Gasteiger partial charge is 0.480 e. The highest BCUT2D eigenvalue weighted by atomic mass is 35.5. The van der Waals surface area contributed by atoms with Gasteiger partial charge in [0.1, 0.15) is 5.82 Å². The minimum absolute atomic E-state index is 0. The zero-order valence-electron chi connectivity index (χ0n) is 7.37. The fourth-order valence-corrected chi connectivity index (χ4v) is 0.946. The van der Waals surface area contributed by atoms with Crippen molar-refractivity contribution in [2.24, 2.45) is 0 Å². The lowest BCUT2D eigenvalue weighted by molar-refractivity contribution is -0.136. The van der Waals surface area contributed by atoms with E-state index in [-0.39, 0.29) is 31.3 Å². The molecule has 0 saturated carbocycles. The van der Waals surface area contributed by atoms with Crippen molar-refractivity contribution in [2.45, 2.75) is 6.54 Å². The molecule has 0 aliphatic carbocycles. The number of hydrogen-bond donors (Lipinski definition) is 2. The van der Waals surface area contributed by atoms with Gasteiger partial charge in [0.05, 0.1) is 6.54 Å². The van der Waals surface area contributed by atoms with Crippen LogP contribution in [0.2, 0.25) is 0 Å². The summed E-state index contributed by atoms with van der Waals surface area (Å²) in [6.45, 7) is 0.0767. The molecular weight excluding hydrogens is 209 g/mol. The van der Waals surface area contributed by atoms with Gasteiger partial charge in [-0.1, -0.05) is 18.2 Å². The van der Waals surface area contributed by atoms with Crippen LogP contribution in [-0.2, 0) is 11.3 Å². The number of rotatable bonds is 4. The lowest BCUT2D eigenvalue weighted by Gasteiger charge is -2.02. The quantitative estimate of drug-likeness (QED) is 0.805. The molecule has 0 bridgehead atoms. The Kier molecular flexibility index (Phi) is 5.83. The van der Waals surface area contributed by atoms with E-state index in [1.807, 2.05) is 0 Å². The summed E-state index contributed by atoms with van der Waals surface area (Å²) in [6.07, 6.45) is 0. The molecule has 0 spiro atoms. The zero-order chi connectivity index (χ0) is 9.68. The highest BCUT2D eigenvalue weighted by molar-refractivity contribution is 5.85. The summed E-state index contributed by atoms with van der Waals surface area (Å²) in [6, 6.07) is 6.26. The van der Waals surface area contributed by atoms with Gasteiger partial charge in [-0.25, -0.2) is 4.39 Å². The first-order valence-corrected chi connectivity index (χ1v) is 3.86. The van der Waals surface area contributed by atoms with Gasteiger partial charge in [-0.3, -0.25) is 4.79 Å². The average molecular weight is 220 g/mol. The Bertz CT molecular complexity index is 307. The number of hydrogen-bond acceptors (Lipinski definition) is 2. The van der Waals surface area contributed by atoms with E-state index in [0.29, 0.717) is 5.56 Å². The Hall–Kier alpha value is -1.13. The van der Waals surface area contributed by atoms with Crippen LogP contribution in [0.3, 0.4) is 0 Å². The summed E-state index contributed by atoms with van der Waals surface area (Å²) < 4.78 is 12.9. The standard InChI is InChI=1S/C9H10FNO2.ClH/c10-8-4-2-1-3-7(8)5-11-6-9(12)13;/h1-4,11H,5-6H2,(H,12,13);1H. The number of carbonyl (C=O) groups is 1. The summed E-state index contributed by atoms with van der Waals surface area (Å²) in [5, 5.41) is 10.9. The van der Waals surface area contributed by atoms with E-state index in [0.717, 1.165) is 0 Å². The van der Waals surface area contributed by atoms with Crippen LogP contribution in [0.25, 0.3) is 0 Å². The van der Waals surface area contributed by atoms with Crippen molar-refractivity contribution in [3.05, 3.63) is 35.6 Å². The molecule has 5 heteroatoms. The highest BCUT2D eigenvalue weighted by Gasteiger charge is 2.00. The molecule has 2 N–H and O–H groups in total. The van der Waals surface area contributed by atoms with Gasteiger partial charge < -0.3 is 10.4 Å². The SMILES string of the molecule is Cl.O=C(O)CNCc1ccccc1F. The van der Waals surface area contributed by atoms with Crippen molar-refractivity contribution < 1.29 is 14.3 Å². The second-order valence-electron chi connectivity index (χ2n) is 2.59. The maximum atomic E-state index is 12.9. The Labute approximate surface area is 87.4 Å². The van der Waals surface area contributed by atoms with Crippen LogP contribution in [0.5, 0.6) is 0 Å². The Morgan fingerprint density at radius 3 is 2.64 bits per heavy atom. The van der Waals surface area contributed by atoms with Gasteiger partial charge in [0.2, 0.25) is 0 Å². The molecule has 78 valence electrons. The van der Waals surface area contributed by atoms with Crippen LogP contribution < -0.4 is 5.32 Å². The molecule has 0 aromatic heterocycles. The Morgan fingerprint density at radius 2 is 2.07 bits per heavy atom. The van der Waals surface area contributed by atoms with Gasteiger partial charge in [0.15, 0.2) is 0 Å². The summed E-state index contributed by atoms with van der Waals surface area (Å²) >= 11 is 0. The minimum Gasteiger partial charge on any atom is -0.480 e. The number of benzene rings is 1. The Morgan fingerprint density at radius 1 is 1.43 bits per heavy atom. The van der Waals surface area contributed by atoms with Gasteiger partial charge in [-0.2, -0.15) is 0 Å². The average Bonchev–Trinajstić information content (AvgIpc) is 2.08. The predicted molar refractivity (Wildman–Crippen MR) is 53.0 cm³/mol. The molecule has 0 aliphatic rings. The van der Waals surface area contributed by atoms with Crippen molar-refractivity contribution in [3.63, 3.8) is 0 Å². The maximum Gasteiger partial charge on any atom is 0.317 e. The molecule has 1 rings (SSSR count). The molecule has 1 aromatic rings. The van der Waals surface area contributed by atoms with Crippen LogP contribution in [0, 0.1) is 5.82 Å². The van der Waals surface area contributed by atoms with Crippen molar-refractivity contribution >= 4 is 18.4 Å². The molecule has 0 amide bonds. The third-order valence-electron chi connectivity index (χ3n) is 1.55. The molecule has 0 radical (unpaired) electrons. The molecule has 3 nitrogen and oxygen atoms in total. The lowest BCUT2D eigenvalue weighted by Crippen LogP contribution is -2.22. The van der Waals surface area contributed by atoms with Gasteiger partial charge in [-0.05, 0) is 6.07 Å². The topological polar surface area (TPSA) is 49.3 Å². The molecule has 0 aliphatic heterocycles. The van der Waals surface area contributed by atoms with Crippen LogP contribution >= 0.6 is 12.4 Å². The van der Waals surface area contributed by atoms with Crippen LogP contribution in [-0.4, -0.2) is 17.6 Å². The number of aliphatic carboxylic acids is 1. The summed E-state index contributed by atoms with van der Waals surface area (Å²) in [5.74, 6) is -1.27. The molecule has 0 fully saturated rings. The summed E-state index contributed by atoms with van der Waals surface area (Å²) in [4.78, 5) is 10.1. The monoisotopic (exact) mass is 219 g/mol. The van der Waals surface area contributed by atoms with E-state index < -0.39 is 5.97 Å². The van der Waals surface area contributed by atoms with E-state index >= 15 is 0 Å². The third-order valence-corrected chi connectivity index (χ3v) is 1.55. The van der Waals surface area contributed by atoms with Gasteiger partial charge in [-0.15, -0.1) is 12.4 Å². The van der Waals surface area contributed by atoms with Gasteiger partial charge in [0, 0.05) is 12.1 Å². The summed E-state index contributed by atoms with van der Waals surface area (Å²) in [5.41, 5.74) is 0.476. The molecule has 0 unspecified atom stereocenters. The summed E-state index contributed by atoms with van der Waals surface area (Å²) in [7, 11) is 0. The molecule has 0 saturated heterocycles. The minimum atomic E-state index is -0.948. The van der Waals surface area contributed by atoms with Gasteiger partial charge >= 0.3 is 5.97 Å². The first-order chi connectivity index (χ1) is 6.20. The normalized spacial score (nSPS) is 9.21. The van der Waals surface area contributed by atoms with E-state index in [2.05, 4.69) is 5.32 Å². The molecular formula is C9H11ClFNO2. The lowest BCUT2D eigenvalue weighted by atomic mass is 10.2. The van der Waals surface area contributed by atoms with Gasteiger partial charge in [0.25, 0.3) is 0 Å². The first kappa shape index (κ1) is 12.9. The van der Waals surface area contributed by atoms with Crippen molar-refractivity contribution in [2.75, 3.05) is 6.54 Å². The third kappa shape index (κ3) is 4.20. The fraction of sp³-hybridized carbons (Fsp3) is 0.222. The molecule has 14 heavy (non-hydrogen) atoms. The highest BCUT2D eigenvalue weighted by Crippen LogP contribution is 2.04. The predicted octanol–water partition coefficient (Wildman–Crippen LogP) is 1.42. The molecule has 0 atom stereocenters. The van der Waals surface area contributed by atoms with Crippen molar-refractivity contribution in [1.29, 1.82) is 0 Å². The molecule has 0 heterocycles. The Balaban J connectivity index is 0.00000169. The fourth-order valence-electron chi connectivity index (χ4n) is 0.946. The second-order valence-corrected chi connectivity index (χ2v) is 2.59. The van der Waals surface area contributed by atoms with E-state index in [1.165, 1.54) is 6.07 Å². The van der Waals surface area contributed by atoms with Crippen LogP contribution in [0.15, 0.2) is 24.3 Å². The molecule has 1 aromatic carbocycles. The van der Waals surface area contributed by atoms with Crippen molar-refractivity contribution in [3.8, 4) is 0 Å². The second kappa shape index (κ2) is 6.34. The number of nitrogens with one attached hydrogen (secondary N) is 1. The van der Waals surface area contributed by atoms with E-state index in [4.69, 9.17) is 5.11 Å². The number of halogens is 2. The van der Waals surface area contributed by atoms with Crippen LogP contribution in [0.1, 0.15) is 5.56 Å². The first-order valence-electron chi connectivity index (χ1n) is 3.86. The number of carboxylic acids is 1. The maximum absolute atomic E-state index is 12.9. The van der Waals surface area contributed by atoms with E-state index in [1.54, 1.807) is 18.2 Å². The zero-order valence-corrected chi connectivity index (χ0v) is 8.18. The van der Waals surface area contributed by atoms with E-state index in [9.17, 15) is 9.18 Å².